The van der Waals surface area contributed by atoms with Crippen LogP contribution >= 0.6 is 0 Å². The number of hydrogen-bond donors (Lipinski definition) is 2. The van der Waals surface area contributed by atoms with Crippen molar-refractivity contribution in [2.24, 2.45) is 15.4 Å². The molecule has 0 aromatic heterocycles. The van der Waals surface area contributed by atoms with Crippen LogP contribution < -0.4 is 41.3 Å². The van der Waals surface area contributed by atoms with E-state index in [2.05, 4.69) is 20.6 Å². The van der Waals surface area contributed by atoms with Gasteiger partial charge in [0.2, 0.25) is 0 Å². The number of allylic oxidation sites excluding steroid dienone is 3. The van der Waals surface area contributed by atoms with Crippen LogP contribution in [-0.4, -0.2) is 64.9 Å². The van der Waals surface area contributed by atoms with Gasteiger partial charge < -0.3 is 64.7 Å². The molecule has 0 amide bonds. The number of nitrogens with one attached hydrogen (secondary N) is 2. The van der Waals surface area contributed by atoms with E-state index in [9.17, 15) is 59.4 Å². The molecule has 0 spiro atoms. The van der Waals surface area contributed by atoms with Crippen LogP contribution in [0.15, 0.2) is 43.8 Å². The fraction of sp³-hybridized carbons (Fsp3) is 0.440. The Morgan fingerprint density at radius 3 is 1.70 bits per heavy atom. The largest absolute Gasteiger partial charge is 2.00 e. The molecule has 16 nitrogen and oxygen atoms in total. The Labute approximate surface area is 278 Å². The zero-order chi connectivity index (χ0) is 30.0. The van der Waals surface area contributed by atoms with Crippen molar-refractivity contribution in [2.45, 2.75) is 62.6 Å². The van der Waals surface area contributed by atoms with Gasteiger partial charge in [-0.2, -0.15) is 0 Å². The summed E-state index contributed by atoms with van der Waals surface area (Å²) in [6, 6.07) is -3.70. The number of carboxylic acids is 6. The summed E-state index contributed by atoms with van der Waals surface area (Å²) >= 11 is 0. The second-order valence-electron chi connectivity index (χ2n) is 10.2. The zero-order valence-corrected chi connectivity index (χ0v) is 25.0. The summed E-state index contributed by atoms with van der Waals surface area (Å²) in [5.74, 6) is -12.6. The third-order valence-electron chi connectivity index (χ3n) is 8.33. The Morgan fingerprint density at radius 1 is 0.682 bits per heavy atom. The van der Waals surface area contributed by atoms with E-state index in [1.165, 1.54) is 0 Å². The standard InChI is InChI=1S/C25H24N4O12.3Co/c30-18(31)15-8-1-2-10(26-8)16(19(32)33)12-5-6-14(28-12)25(23(40)41)24(21(36)37,22(38)39)7-13(29-25)17(20(34)35)11-4-3-9(15)27-11;;;/h13-14,26,29H,1-7H2,(H,30,31)(H,32,33)(H,34,35)(H,36,37)(H,38,39)(H,40,41);;;/q;3*+2/p-6. The molecular formula is C25H18Co3N4O12. The minimum Gasteiger partial charge on any atom is -0.549 e. The molecular weight excluding hydrogens is 725 g/mol. The van der Waals surface area contributed by atoms with Gasteiger partial charge in [0.05, 0.1) is 58.5 Å². The normalized spacial score (nSPS) is 26.5. The molecule has 2 N–H and O–H groups in total. The van der Waals surface area contributed by atoms with Gasteiger partial charge in [-0.1, -0.05) is 0 Å². The maximum atomic E-state index is 12.8. The molecule has 5 heterocycles. The van der Waals surface area contributed by atoms with Gasteiger partial charge in [0.15, 0.2) is 0 Å². The van der Waals surface area contributed by atoms with Gasteiger partial charge in [-0.05, 0) is 44.9 Å². The molecule has 8 bridgehead atoms. The van der Waals surface area contributed by atoms with Crippen LogP contribution in [0.5, 0.6) is 0 Å². The SMILES string of the molecule is O=C([O-])C1=C2CCC(=C(C(=O)[O-])C3=NC(CC3)C3(C(=O)[O-])NC(CC3(C(=O)[O-])C(=O)[O-])C(C(=O)[O-])=C3CCC1=N3)N2.[Co+2].[Co+2].[Co+2]. The topological polar surface area (TPSA) is 290 Å². The Kier molecular flexibility index (Phi) is 10.8. The fourth-order valence-corrected chi connectivity index (χ4v) is 6.62. The first-order valence-corrected chi connectivity index (χ1v) is 12.4. The number of carbonyl (C=O) groups excluding carboxylic acids is 6. The summed E-state index contributed by atoms with van der Waals surface area (Å²) in [7, 11) is 0. The molecule has 44 heavy (non-hydrogen) atoms. The summed E-state index contributed by atoms with van der Waals surface area (Å²) in [6.07, 6.45) is -2.44. The Bertz CT molecular complexity index is 1520. The van der Waals surface area contributed by atoms with E-state index >= 15 is 0 Å². The van der Waals surface area contributed by atoms with E-state index in [0.29, 0.717) is 0 Å². The third kappa shape index (κ3) is 5.20. The molecule has 3 atom stereocenters. The average Bonchev–Trinajstić information content (AvgIpc) is 3.65. The number of aliphatic carboxylic acids is 6. The quantitative estimate of drug-likeness (QED) is 0.239. The summed E-state index contributed by atoms with van der Waals surface area (Å²) in [5, 5.41) is 79.4. The number of nitrogens with zero attached hydrogens (tertiary/aromatic N) is 2. The first-order chi connectivity index (χ1) is 19.3. The molecule has 237 valence electrons. The van der Waals surface area contributed by atoms with Crippen LogP contribution in [0, 0.1) is 5.41 Å². The average molecular weight is 743 g/mol. The molecule has 0 aromatic carbocycles. The molecule has 0 aromatic rings. The minimum absolute atomic E-state index is 0. The molecule has 3 radical (unpaired) electrons. The third-order valence-corrected chi connectivity index (χ3v) is 8.33. The number of carboxylic acid groups (broad SMARTS) is 6. The molecule has 5 rings (SSSR count). The second kappa shape index (κ2) is 12.9. The molecule has 2 fully saturated rings. The predicted molar refractivity (Wildman–Crippen MR) is 117 cm³/mol. The van der Waals surface area contributed by atoms with Crippen LogP contribution in [0.4, 0.5) is 0 Å². The van der Waals surface area contributed by atoms with Crippen molar-refractivity contribution in [1.82, 2.24) is 10.6 Å². The summed E-state index contributed by atoms with van der Waals surface area (Å²) < 4.78 is 0. The van der Waals surface area contributed by atoms with Crippen LogP contribution in [0.2, 0.25) is 0 Å². The molecule has 19 heteroatoms. The molecule has 2 saturated heterocycles. The van der Waals surface area contributed by atoms with E-state index in [1.54, 1.807) is 0 Å². The van der Waals surface area contributed by atoms with E-state index in [-0.39, 0.29) is 111 Å². The Hall–Kier alpha value is -3.34. The zero-order valence-electron chi connectivity index (χ0n) is 21.9. The molecule has 5 aliphatic heterocycles. The first kappa shape index (κ1) is 36.8. The van der Waals surface area contributed by atoms with Crippen molar-refractivity contribution in [3.05, 3.63) is 33.8 Å². The fourth-order valence-electron chi connectivity index (χ4n) is 6.62. The van der Waals surface area contributed by atoms with Crippen molar-refractivity contribution >= 4 is 47.2 Å². The van der Waals surface area contributed by atoms with Crippen molar-refractivity contribution in [1.29, 1.82) is 0 Å². The van der Waals surface area contributed by atoms with E-state index in [0.717, 1.165) is 0 Å². The van der Waals surface area contributed by atoms with Crippen molar-refractivity contribution in [3.63, 3.8) is 0 Å². The van der Waals surface area contributed by atoms with E-state index < -0.39 is 88.4 Å². The Balaban J connectivity index is 0.00000225. The maximum Gasteiger partial charge on any atom is 2.00 e. The van der Waals surface area contributed by atoms with Gasteiger partial charge in [0.1, 0.15) is 0 Å². The monoisotopic (exact) mass is 743 g/mol. The van der Waals surface area contributed by atoms with Crippen LogP contribution in [0.25, 0.3) is 0 Å². The summed E-state index contributed by atoms with van der Waals surface area (Å²) in [6.45, 7) is 0. The number of carbonyl (C=O) groups is 6. The van der Waals surface area contributed by atoms with Gasteiger partial charge in [-0.15, -0.1) is 0 Å². The van der Waals surface area contributed by atoms with Gasteiger partial charge in [-0.25, -0.2) is 0 Å². The number of aliphatic imine (C=N–C) groups is 2. The van der Waals surface area contributed by atoms with Crippen molar-refractivity contribution < 1.29 is 110 Å². The Morgan fingerprint density at radius 2 is 1.23 bits per heavy atom. The maximum absolute atomic E-state index is 12.8. The molecule has 0 saturated carbocycles. The number of hydrogen-bond acceptors (Lipinski definition) is 16. The minimum atomic E-state index is -3.47. The van der Waals surface area contributed by atoms with E-state index in [4.69, 9.17) is 0 Å². The number of rotatable bonds is 6. The van der Waals surface area contributed by atoms with Gasteiger partial charge >= 0.3 is 50.3 Å². The predicted octanol–water partition coefficient (Wildman–Crippen LogP) is -8.44. The smallest absolute Gasteiger partial charge is 0.549 e. The van der Waals surface area contributed by atoms with Gasteiger partial charge in [0.25, 0.3) is 0 Å². The molecule has 5 aliphatic rings. The van der Waals surface area contributed by atoms with Crippen LogP contribution in [-0.2, 0) is 79.1 Å². The van der Waals surface area contributed by atoms with E-state index in [1.807, 2.05) is 0 Å². The van der Waals surface area contributed by atoms with Crippen LogP contribution in [0.3, 0.4) is 0 Å². The van der Waals surface area contributed by atoms with Crippen molar-refractivity contribution in [2.75, 3.05) is 0 Å². The van der Waals surface area contributed by atoms with Crippen molar-refractivity contribution in [3.8, 4) is 0 Å². The first-order valence-electron chi connectivity index (χ1n) is 12.4. The van der Waals surface area contributed by atoms with Gasteiger partial charge in [0, 0.05) is 45.6 Å². The van der Waals surface area contributed by atoms with Gasteiger partial charge in [-0.3, -0.25) is 15.3 Å². The second-order valence-corrected chi connectivity index (χ2v) is 10.2. The molecule has 3 unspecified atom stereocenters. The summed E-state index contributed by atoms with van der Waals surface area (Å²) in [4.78, 5) is 82.6. The summed E-state index contributed by atoms with van der Waals surface area (Å²) in [5.41, 5.74) is -9.31. The molecule has 0 aliphatic carbocycles. The van der Waals surface area contributed by atoms with Crippen LogP contribution in [0.1, 0.15) is 44.9 Å². The number of fused-ring (bicyclic) bond motifs is 7.